The predicted octanol–water partition coefficient (Wildman–Crippen LogP) is 2.66. The summed E-state index contributed by atoms with van der Waals surface area (Å²) in [4.78, 5) is 0. The maximum absolute atomic E-state index is 4.31. The molecule has 0 saturated heterocycles. The third-order valence-electron chi connectivity index (χ3n) is 1.06. The van der Waals surface area contributed by atoms with Crippen molar-refractivity contribution in [2.24, 2.45) is 0 Å². The number of rotatable bonds is 3. The van der Waals surface area contributed by atoms with Crippen molar-refractivity contribution in [2.75, 3.05) is 0 Å². The van der Waals surface area contributed by atoms with Crippen LogP contribution in [0.3, 0.4) is 0 Å². The van der Waals surface area contributed by atoms with Crippen LogP contribution in [0, 0.1) is 0 Å². The fraction of sp³-hybridized carbons (Fsp3) is 0.714. The molecule has 0 saturated carbocycles. The summed E-state index contributed by atoms with van der Waals surface area (Å²) in [5, 5.41) is 0.521. The minimum atomic E-state index is 0.521. The largest absolute Gasteiger partial charge is 0.176 e. The summed E-state index contributed by atoms with van der Waals surface area (Å²) in [6.07, 6.45) is 2.19. The Hall–Kier alpha value is 0.0900. The van der Waals surface area contributed by atoms with Gasteiger partial charge in [-0.1, -0.05) is 12.5 Å². The van der Waals surface area contributed by atoms with Gasteiger partial charge >= 0.3 is 0 Å². The summed E-state index contributed by atoms with van der Waals surface area (Å²) in [7, 11) is 0. The first-order chi connectivity index (χ1) is 3.66. The molecule has 0 heterocycles. The lowest BCUT2D eigenvalue weighted by atomic mass is 10.1. The smallest absolute Gasteiger partial charge is 0.00511 e. The average molecular weight is 130 g/mol. The summed E-state index contributed by atoms with van der Waals surface area (Å²) < 4.78 is 0. The average Bonchev–Trinajstić information content (AvgIpc) is 1.65. The van der Waals surface area contributed by atoms with E-state index in [-0.39, 0.29) is 0 Å². The van der Waals surface area contributed by atoms with Crippen LogP contribution in [-0.2, 0) is 0 Å². The lowest BCUT2D eigenvalue weighted by molar-refractivity contribution is 0.816. The maximum Gasteiger partial charge on any atom is 0.00511 e. The minimum absolute atomic E-state index is 0.521. The van der Waals surface area contributed by atoms with Gasteiger partial charge in [-0.3, -0.25) is 0 Å². The van der Waals surface area contributed by atoms with Crippen molar-refractivity contribution in [1.82, 2.24) is 0 Å². The van der Waals surface area contributed by atoms with E-state index in [0.717, 1.165) is 12.8 Å². The molecule has 0 rings (SSSR count). The van der Waals surface area contributed by atoms with E-state index in [2.05, 4.69) is 26.1 Å². The van der Waals surface area contributed by atoms with Crippen LogP contribution in [0.15, 0.2) is 12.2 Å². The molecule has 0 aliphatic rings. The van der Waals surface area contributed by atoms with Crippen molar-refractivity contribution in [2.45, 2.75) is 31.9 Å². The molecular weight excluding hydrogens is 116 g/mol. The second kappa shape index (κ2) is 4.02. The van der Waals surface area contributed by atoms with E-state index >= 15 is 0 Å². The van der Waals surface area contributed by atoms with E-state index in [9.17, 15) is 0 Å². The van der Waals surface area contributed by atoms with E-state index in [1.54, 1.807) is 0 Å². The zero-order valence-corrected chi connectivity index (χ0v) is 6.54. The second-order valence-electron chi connectivity index (χ2n) is 2.22. The van der Waals surface area contributed by atoms with Crippen molar-refractivity contribution in [3.05, 3.63) is 12.2 Å². The molecule has 0 amide bonds. The molecule has 0 fully saturated rings. The number of allylic oxidation sites excluding steroid dienone is 1. The van der Waals surface area contributed by atoms with E-state index in [1.807, 2.05) is 6.92 Å². The van der Waals surface area contributed by atoms with Crippen LogP contribution in [0.25, 0.3) is 0 Å². The Bertz CT molecular complexity index is 76.5. The van der Waals surface area contributed by atoms with Gasteiger partial charge in [0.15, 0.2) is 0 Å². The molecule has 0 nitrogen and oxygen atoms in total. The molecule has 48 valence electrons. The highest BCUT2D eigenvalue weighted by molar-refractivity contribution is 7.80. The lowest BCUT2D eigenvalue weighted by Crippen LogP contribution is -1.94. The highest BCUT2D eigenvalue weighted by Crippen LogP contribution is 2.10. The third-order valence-corrected chi connectivity index (χ3v) is 1.60. The molecule has 0 aliphatic carbocycles. The van der Waals surface area contributed by atoms with Gasteiger partial charge in [0.1, 0.15) is 0 Å². The Morgan fingerprint density at radius 1 is 1.75 bits per heavy atom. The topological polar surface area (TPSA) is 0 Å². The fourth-order valence-corrected chi connectivity index (χ4v) is 0.858. The molecule has 0 spiro atoms. The molecule has 0 N–H and O–H groups in total. The molecule has 0 aromatic rings. The van der Waals surface area contributed by atoms with Crippen molar-refractivity contribution >= 4 is 12.6 Å². The third kappa shape index (κ3) is 4.25. The van der Waals surface area contributed by atoms with Crippen LogP contribution in [0.2, 0.25) is 0 Å². The predicted molar refractivity (Wildman–Crippen MR) is 42.5 cm³/mol. The quantitative estimate of drug-likeness (QED) is 0.440. The van der Waals surface area contributed by atoms with Gasteiger partial charge in [0.05, 0.1) is 0 Å². The highest BCUT2D eigenvalue weighted by atomic mass is 32.1. The molecule has 1 atom stereocenters. The van der Waals surface area contributed by atoms with Gasteiger partial charge in [-0.2, -0.15) is 12.6 Å². The molecule has 0 aromatic heterocycles. The molecule has 0 radical (unpaired) electrons. The molecule has 0 bridgehead atoms. The molecule has 0 aromatic carbocycles. The first kappa shape index (κ1) is 8.09. The first-order valence-electron chi connectivity index (χ1n) is 2.99. The Labute approximate surface area is 57.4 Å². The second-order valence-corrected chi connectivity index (χ2v) is 2.95. The summed E-state index contributed by atoms with van der Waals surface area (Å²) in [6.45, 7) is 7.97. The SMILES string of the molecule is C=C(C)C[C@@H](S)CC. The minimum Gasteiger partial charge on any atom is -0.176 e. The van der Waals surface area contributed by atoms with Gasteiger partial charge in [-0.15, -0.1) is 6.58 Å². The number of thiol groups is 1. The van der Waals surface area contributed by atoms with E-state index in [4.69, 9.17) is 0 Å². The van der Waals surface area contributed by atoms with Crippen molar-refractivity contribution in [1.29, 1.82) is 0 Å². The van der Waals surface area contributed by atoms with Crippen LogP contribution >= 0.6 is 12.6 Å². The van der Waals surface area contributed by atoms with Gasteiger partial charge in [-0.05, 0) is 19.8 Å². The van der Waals surface area contributed by atoms with E-state index < -0.39 is 0 Å². The van der Waals surface area contributed by atoms with E-state index in [0.29, 0.717) is 5.25 Å². The zero-order chi connectivity index (χ0) is 6.57. The molecule has 0 unspecified atom stereocenters. The van der Waals surface area contributed by atoms with Crippen molar-refractivity contribution in [3.8, 4) is 0 Å². The Morgan fingerprint density at radius 3 is 2.38 bits per heavy atom. The normalized spacial score (nSPS) is 13.4. The Kier molecular flexibility index (Phi) is 4.06. The van der Waals surface area contributed by atoms with Gasteiger partial charge < -0.3 is 0 Å². The Balaban J connectivity index is 3.24. The van der Waals surface area contributed by atoms with Crippen molar-refractivity contribution < 1.29 is 0 Å². The molecular formula is C7H14S. The highest BCUT2D eigenvalue weighted by Gasteiger charge is 1.96. The lowest BCUT2D eigenvalue weighted by Gasteiger charge is -2.04. The fourth-order valence-electron chi connectivity index (χ4n) is 0.547. The molecule has 1 heteroatoms. The van der Waals surface area contributed by atoms with Crippen LogP contribution in [0.5, 0.6) is 0 Å². The van der Waals surface area contributed by atoms with Gasteiger partial charge in [0, 0.05) is 5.25 Å². The first-order valence-corrected chi connectivity index (χ1v) is 3.51. The summed E-state index contributed by atoms with van der Waals surface area (Å²) >= 11 is 4.31. The van der Waals surface area contributed by atoms with Crippen LogP contribution in [-0.4, -0.2) is 5.25 Å². The summed E-state index contributed by atoms with van der Waals surface area (Å²) in [5.41, 5.74) is 1.23. The van der Waals surface area contributed by atoms with Gasteiger partial charge in [0.25, 0.3) is 0 Å². The monoisotopic (exact) mass is 130 g/mol. The van der Waals surface area contributed by atoms with Crippen LogP contribution in [0.1, 0.15) is 26.7 Å². The number of hydrogen-bond acceptors (Lipinski definition) is 1. The zero-order valence-electron chi connectivity index (χ0n) is 5.65. The molecule has 0 aliphatic heterocycles. The maximum atomic E-state index is 4.31. The summed E-state index contributed by atoms with van der Waals surface area (Å²) in [6, 6.07) is 0. The summed E-state index contributed by atoms with van der Waals surface area (Å²) in [5.74, 6) is 0. The Morgan fingerprint density at radius 2 is 2.25 bits per heavy atom. The van der Waals surface area contributed by atoms with E-state index in [1.165, 1.54) is 5.57 Å². The standard InChI is InChI=1S/C7H14S/c1-4-7(8)5-6(2)3/h7-8H,2,4-5H2,1,3H3/t7-/m0/s1. The molecule has 8 heavy (non-hydrogen) atoms. The number of hydrogen-bond donors (Lipinski definition) is 1. The van der Waals surface area contributed by atoms with Gasteiger partial charge in [0.2, 0.25) is 0 Å². The van der Waals surface area contributed by atoms with Crippen molar-refractivity contribution in [3.63, 3.8) is 0 Å². The van der Waals surface area contributed by atoms with Crippen LogP contribution < -0.4 is 0 Å². The van der Waals surface area contributed by atoms with Crippen LogP contribution in [0.4, 0.5) is 0 Å². The van der Waals surface area contributed by atoms with Gasteiger partial charge in [-0.25, -0.2) is 0 Å².